The Labute approximate surface area is 118 Å². The minimum Gasteiger partial charge on any atom is -0.356 e. The second kappa shape index (κ2) is 14.8. The molecule has 0 aliphatic heterocycles. The second-order valence-corrected chi connectivity index (χ2v) is 5.35. The maximum atomic E-state index is 11.1. The minimum absolute atomic E-state index is 0.0842. The smallest absolute Gasteiger partial charge is 0.221 e. The molecule has 0 aliphatic rings. The molecule has 1 amide bonds. The van der Waals surface area contributed by atoms with E-state index < -0.39 is 0 Å². The van der Waals surface area contributed by atoms with Gasteiger partial charge in [0.15, 0.2) is 0 Å². The molecule has 0 unspecified atom stereocenters. The summed E-state index contributed by atoms with van der Waals surface area (Å²) in [5.74, 6) is 0.505. The van der Waals surface area contributed by atoms with Crippen LogP contribution < -0.4 is 5.32 Å². The number of unbranched alkanes of at least 4 members (excludes halogenated alkanes) is 9. The third-order valence-electron chi connectivity index (χ3n) is 3.17. The Morgan fingerprint density at radius 3 is 1.89 bits per heavy atom. The molecule has 0 rings (SSSR count). The van der Waals surface area contributed by atoms with Crippen molar-refractivity contribution in [1.82, 2.24) is 5.32 Å². The predicted molar refractivity (Wildman–Crippen MR) is 80.2 cm³/mol. The van der Waals surface area contributed by atoms with E-state index in [1.54, 1.807) is 0 Å². The van der Waals surface area contributed by atoms with Crippen LogP contribution in [0.5, 0.6) is 0 Å². The lowest BCUT2D eigenvalue weighted by molar-refractivity contribution is -0.120. The highest BCUT2D eigenvalue weighted by molar-refractivity contribution is 6.18. The number of amides is 1. The minimum atomic E-state index is 0.0842. The van der Waals surface area contributed by atoms with Crippen molar-refractivity contribution in [3.63, 3.8) is 0 Å². The number of alkyl halides is 1. The molecular weight excluding hydrogens is 246 g/mol. The van der Waals surface area contributed by atoms with Crippen LogP contribution in [0.15, 0.2) is 0 Å². The van der Waals surface area contributed by atoms with E-state index >= 15 is 0 Å². The van der Waals surface area contributed by atoms with Crippen LogP contribution in [0.2, 0.25) is 0 Å². The van der Waals surface area contributed by atoms with Gasteiger partial charge >= 0.3 is 0 Å². The molecule has 108 valence electrons. The zero-order valence-corrected chi connectivity index (χ0v) is 12.7. The Morgan fingerprint density at radius 2 is 1.39 bits per heavy atom. The van der Waals surface area contributed by atoms with E-state index in [0.717, 1.165) is 13.0 Å². The lowest BCUT2D eigenvalue weighted by atomic mass is 10.1. The van der Waals surface area contributed by atoms with E-state index in [-0.39, 0.29) is 5.91 Å². The van der Waals surface area contributed by atoms with Gasteiger partial charge in [0.05, 0.1) is 0 Å². The van der Waals surface area contributed by atoms with Crippen LogP contribution in [0.4, 0.5) is 0 Å². The number of hydrogen-bond acceptors (Lipinski definition) is 1. The van der Waals surface area contributed by atoms with E-state index in [9.17, 15) is 4.79 Å². The first kappa shape index (κ1) is 17.8. The third-order valence-corrected chi connectivity index (χ3v) is 3.36. The summed E-state index contributed by atoms with van der Waals surface area (Å²) in [6.07, 6.45) is 13.7. The van der Waals surface area contributed by atoms with Crippen LogP contribution in [0.3, 0.4) is 0 Å². The van der Waals surface area contributed by atoms with Crippen LogP contribution in [-0.2, 0) is 4.79 Å². The van der Waals surface area contributed by atoms with Crippen molar-refractivity contribution in [2.75, 3.05) is 12.4 Å². The van der Waals surface area contributed by atoms with E-state index in [0.29, 0.717) is 12.3 Å². The fraction of sp³-hybridized carbons (Fsp3) is 0.933. The molecule has 0 saturated carbocycles. The Bertz CT molecular complexity index is 185. The standard InChI is InChI=1S/C15H30ClNO/c1-2-3-4-5-6-7-8-9-10-11-14-17-15(18)12-13-16/h2-14H2,1H3,(H,17,18). The molecule has 3 heteroatoms. The quantitative estimate of drug-likeness (QED) is 0.385. The molecule has 0 saturated heterocycles. The van der Waals surface area contributed by atoms with Gasteiger partial charge in [-0.2, -0.15) is 0 Å². The number of nitrogens with one attached hydrogen (secondary N) is 1. The number of halogens is 1. The summed E-state index contributed by atoms with van der Waals surface area (Å²) >= 11 is 5.48. The average molecular weight is 276 g/mol. The van der Waals surface area contributed by atoms with Crippen molar-refractivity contribution in [1.29, 1.82) is 0 Å². The van der Waals surface area contributed by atoms with E-state index in [1.165, 1.54) is 57.8 Å². The van der Waals surface area contributed by atoms with Gasteiger partial charge in [0.1, 0.15) is 0 Å². The fourth-order valence-electron chi connectivity index (χ4n) is 2.01. The SMILES string of the molecule is CCCCCCCCCCCCNC(=O)CCCl. The molecule has 2 nitrogen and oxygen atoms in total. The zero-order chi connectivity index (χ0) is 13.5. The summed E-state index contributed by atoms with van der Waals surface area (Å²) in [6, 6.07) is 0. The Kier molecular flexibility index (Phi) is 14.6. The van der Waals surface area contributed by atoms with E-state index in [4.69, 9.17) is 11.6 Å². The zero-order valence-electron chi connectivity index (χ0n) is 12.0. The molecule has 0 spiro atoms. The van der Waals surface area contributed by atoms with Gasteiger partial charge in [-0.3, -0.25) is 4.79 Å². The summed E-state index contributed by atoms with van der Waals surface area (Å²) in [4.78, 5) is 11.1. The molecule has 0 aliphatic carbocycles. The first-order valence-electron chi connectivity index (χ1n) is 7.64. The highest BCUT2D eigenvalue weighted by Gasteiger charge is 1.98. The summed E-state index contributed by atoms with van der Waals surface area (Å²) in [5, 5.41) is 2.89. The molecule has 0 bridgehead atoms. The summed E-state index contributed by atoms with van der Waals surface area (Å²) in [6.45, 7) is 3.07. The van der Waals surface area contributed by atoms with Crippen LogP contribution in [-0.4, -0.2) is 18.3 Å². The largest absolute Gasteiger partial charge is 0.356 e. The molecule has 0 atom stereocenters. The maximum absolute atomic E-state index is 11.1. The van der Waals surface area contributed by atoms with Crippen molar-refractivity contribution in [3.8, 4) is 0 Å². The van der Waals surface area contributed by atoms with Gasteiger partial charge in [-0.15, -0.1) is 11.6 Å². The molecule has 0 aromatic carbocycles. The van der Waals surface area contributed by atoms with E-state index in [2.05, 4.69) is 12.2 Å². The highest BCUT2D eigenvalue weighted by atomic mass is 35.5. The van der Waals surface area contributed by atoms with Gasteiger partial charge in [0.25, 0.3) is 0 Å². The van der Waals surface area contributed by atoms with Gasteiger partial charge in [0, 0.05) is 18.8 Å². The monoisotopic (exact) mass is 275 g/mol. The van der Waals surface area contributed by atoms with Gasteiger partial charge in [-0.05, 0) is 6.42 Å². The summed E-state index contributed by atoms with van der Waals surface area (Å²) in [5.41, 5.74) is 0. The van der Waals surface area contributed by atoms with Crippen molar-refractivity contribution < 1.29 is 4.79 Å². The first-order valence-corrected chi connectivity index (χ1v) is 8.17. The van der Waals surface area contributed by atoms with Crippen LogP contribution in [0, 0.1) is 0 Å². The van der Waals surface area contributed by atoms with Crippen molar-refractivity contribution in [3.05, 3.63) is 0 Å². The van der Waals surface area contributed by atoms with Crippen LogP contribution in [0.1, 0.15) is 77.6 Å². The van der Waals surface area contributed by atoms with Gasteiger partial charge in [-0.25, -0.2) is 0 Å². The number of hydrogen-bond donors (Lipinski definition) is 1. The number of carbonyl (C=O) groups is 1. The molecule has 0 aromatic rings. The summed E-state index contributed by atoms with van der Waals surface area (Å²) < 4.78 is 0. The average Bonchev–Trinajstić information content (AvgIpc) is 2.36. The second-order valence-electron chi connectivity index (χ2n) is 4.97. The fourth-order valence-corrected chi connectivity index (χ4v) is 2.19. The third kappa shape index (κ3) is 13.8. The molecule has 0 heterocycles. The van der Waals surface area contributed by atoms with Crippen molar-refractivity contribution in [2.24, 2.45) is 0 Å². The molecule has 0 radical (unpaired) electrons. The Balaban J connectivity index is 3.01. The number of carbonyl (C=O) groups excluding carboxylic acids is 1. The molecular formula is C15H30ClNO. The van der Waals surface area contributed by atoms with Crippen LogP contribution in [0.25, 0.3) is 0 Å². The van der Waals surface area contributed by atoms with Crippen molar-refractivity contribution >= 4 is 17.5 Å². The Morgan fingerprint density at radius 1 is 0.889 bits per heavy atom. The Hall–Kier alpha value is -0.240. The lowest BCUT2D eigenvalue weighted by Crippen LogP contribution is -2.24. The summed E-state index contributed by atoms with van der Waals surface area (Å²) in [7, 11) is 0. The molecule has 0 aromatic heterocycles. The molecule has 1 N–H and O–H groups in total. The number of rotatable bonds is 13. The van der Waals surface area contributed by atoms with E-state index in [1.807, 2.05) is 0 Å². The lowest BCUT2D eigenvalue weighted by Gasteiger charge is -2.04. The normalized spacial score (nSPS) is 10.6. The maximum Gasteiger partial charge on any atom is 0.221 e. The topological polar surface area (TPSA) is 29.1 Å². The first-order chi connectivity index (χ1) is 8.81. The van der Waals surface area contributed by atoms with Gasteiger partial charge in [0.2, 0.25) is 5.91 Å². The van der Waals surface area contributed by atoms with Crippen molar-refractivity contribution in [2.45, 2.75) is 77.6 Å². The van der Waals surface area contributed by atoms with Crippen LogP contribution >= 0.6 is 11.6 Å². The van der Waals surface area contributed by atoms with Gasteiger partial charge < -0.3 is 5.32 Å². The molecule has 18 heavy (non-hydrogen) atoms. The predicted octanol–water partition coefficient (Wildman–Crippen LogP) is 4.65. The van der Waals surface area contributed by atoms with Gasteiger partial charge in [-0.1, -0.05) is 64.7 Å². The molecule has 0 fully saturated rings. The highest BCUT2D eigenvalue weighted by Crippen LogP contribution is 2.10.